The van der Waals surface area contributed by atoms with Crippen LogP contribution in [0, 0.1) is 0 Å². The molecule has 10 nitrogen and oxygen atoms in total. The Morgan fingerprint density at radius 1 is 0.714 bits per heavy atom. The molecule has 0 aromatic rings. The lowest BCUT2D eigenvalue weighted by molar-refractivity contribution is -0.168. The fourth-order valence-electron chi connectivity index (χ4n) is 1.87. The summed E-state index contributed by atoms with van der Waals surface area (Å²) in [4.78, 5) is 11.8. The van der Waals surface area contributed by atoms with E-state index < -0.39 is 6.29 Å². The summed E-state index contributed by atoms with van der Waals surface area (Å²) in [7, 11) is 3.21. The van der Waals surface area contributed by atoms with Gasteiger partial charge >= 0.3 is 5.97 Å². The predicted octanol–water partition coefficient (Wildman–Crippen LogP) is 0.00400. The van der Waals surface area contributed by atoms with Gasteiger partial charge in [-0.25, -0.2) is 0 Å². The SMILES string of the molecule is COCCOCCOC(CCC(=O)OCCOCCO)OCCOCCOC. The molecule has 0 aromatic heterocycles. The van der Waals surface area contributed by atoms with Gasteiger partial charge in [0.2, 0.25) is 0 Å². The second kappa shape index (κ2) is 22.4. The summed E-state index contributed by atoms with van der Waals surface area (Å²) in [5, 5.41) is 8.59. The first-order valence-electron chi connectivity index (χ1n) is 9.45. The molecular weight excluding hydrogens is 376 g/mol. The van der Waals surface area contributed by atoms with Crippen molar-refractivity contribution < 1.29 is 47.8 Å². The number of hydrogen-bond acceptors (Lipinski definition) is 10. The lowest BCUT2D eigenvalue weighted by Crippen LogP contribution is -2.24. The van der Waals surface area contributed by atoms with Crippen molar-refractivity contribution in [3.8, 4) is 0 Å². The fourth-order valence-corrected chi connectivity index (χ4v) is 1.87. The van der Waals surface area contributed by atoms with Gasteiger partial charge in [0.25, 0.3) is 0 Å². The largest absolute Gasteiger partial charge is 0.463 e. The van der Waals surface area contributed by atoms with E-state index in [9.17, 15) is 4.79 Å². The number of methoxy groups -OCH3 is 2. The molecule has 0 amide bonds. The molecule has 0 aliphatic rings. The Morgan fingerprint density at radius 2 is 1.21 bits per heavy atom. The summed E-state index contributed by atoms with van der Waals surface area (Å²) in [6, 6.07) is 0. The van der Waals surface area contributed by atoms with Gasteiger partial charge in [0, 0.05) is 20.6 Å². The minimum absolute atomic E-state index is 0.0608. The van der Waals surface area contributed by atoms with Gasteiger partial charge in [-0.2, -0.15) is 0 Å². The molecule has 0 atom stereocenters. The molecule has 0 rings (SSSR count). The molecule has 0 fully saturated rings. The molecule has 0 heterocycles. The molecular formula is C18H36O10. The van der Waals surface area contributed by atoms with E-state index in [1.165, 1.54) is 0 Å². The maximum Gasteiger partial charge on any atom is 0.306 e. The smallest absolute Gasteiger partial charge is 0.306 e. The first-order valence-corrected chi connectivity index (χ1v) is 9.45. The topological polar surface area (TPSA) is 111 Å². The van der Waals surface area contributed by atoms with E-state index in [0.717, 1.165) is 0 Å². The molecule has 0 aromatic carbocycles. The fraction of sp³-hybridized carbons (Fsp3) is 0.944. The second-order valence-electron chi connectivity index (χ2n) is 5.48. The maximum atomic E-state index is 11.8. The van der Waals surface area contributed by atoms with E-state index in [-0.39, 0.29) is 38.8 Å². The van der Waals surface area contributed by atoms with Crippen LogP contribution < -0.4 is 0 Å². The lowest BCUT2D eigenvalue weighted by atomic mass is 10.3. The minimum Gasteiger partial charge on any atom is -0.463 e. The van der Waals surface area contributed by atoms with E-state index in [0.29, 0.717) is 59.3 Å². The van der Waals surface area contributed by atoms with Gasteiger partial charge in [-0.15, -0.1) is 0 Å². The molecule has 10 heteroatoms. The molecule has 28 heavy (non-hydrogen) atoms. The van der Waals surface area contributed by atoms with Crippen molar-refractivity contribution in [3.63, 3.8) is 0 Å². The van der Waals surface area contributed by atoms with Crippen molar-refractivity contribution in [2.75, 3.05) is 93.5 Å². The molecule has 168 valence electrons. The third-order valence-electron chi connectivity index (χ3n) is 3.24. The van der Waals surface area contributed by atoms with Gasteiger partial charge in [0.1, 0.15) is 6.61 Å². The van der Waals surface area contributed by atoms with Crippen LogP contribution in [0.1, 0.15) is 12.8 Å². The standard InChI is InChI=1S/C18H36O10/c1-21-7-9-24-12-15-27-18(28-16-13-25-10-8-22-2)4-3-17(20)26-14-11-23-6-5-19/h18-19H,3-16H2,1-2H3. The normalized spacial score (nSPS) is 11.3. The number of rotatable bonds is 22. The van der Waals surface area contributed by atoms with Crippen LogP contribution in [0.2, 0.25) is 0 Å². The van der Waals surface area contributed by atoms with Crippen molar-refractivity contribution in [1.29, 1.82) is 0 Å². The van der Waals surface area contributed by atoms with E-state index >= 15 is 0 Å². The summed E-state index contributed by atoms with van der Waals surface area (Å²) in [6.45, 7) is 4.06. The first kappa shape index (κ1) is 27.1. The van der Waals surface area contributed by atoms with Gasteiger partial charge in [-0.3, -0.25) is 4.79 Å². The molecule has 0 saturated heterocycles. The van der Waals surface area contributed by atoms with Gasteiger partial charge in [0.05, 0.1) is 79.1 Å². The van der Waals surface area contributed by atoms with Gasteiger partial charge in [0.15, 0.2) is 6.29 Å². The van der Waals surface area contributed by atoms with Gasteiger partial charge in [-0.1, -0.05) is 0 Å². The van der Waals surface area contributed by atoms with Crippen LogP contribution in [0.4, 0.5) is 0 Å². The molecule has 0 saturated carbocycles. The second-order valence-corrected chi connectivity index (χ2v) is 5.48. The zero-order chi connectivity index (χ0) is 20.7. The van der Waals surface area contributed by atoms with Crippen LogP contribution in [-0.2, 0) is 42.7 Å². The number of esters is 1. The number of aliphatic hydroxyl groups is 1. The number of carbonyl (C=O) groups is 1. The van der Waals surface area contributed by atoms with E-state index in [2.05, 4.69) is 0 Å². The number of aliphatic hydroxyl groups excluding tert-OH is 1. The van der Waals surface area contributed by atoms with Crippen molar-refractivity contribution in [2.24, 2.45) is 0 Å². The maximum absolute atomic E-state index is 11.8. The van der Waals surface area contributed by atoms with Crippen LogP contribution >= 0.6 is 0 Å². The highest BCUT2D eigenvalue weighted by Gasteiger charge is 2.13. The predicted molar refractivity (Wildman–Crippen MR) is 99.2 cm³/mol. The Kier molecular flexibility index (Phi) is 21.8. The average Bonchev–Trinajstić information content (AvgIpc) is 2.70. The molecule has 0 spiro atoms. The summed E-state index contributed by atoms with van der Waals surface area (Å²) < 4.78 is 41.8. The van der Waals surface area contributed by atoms with Crippen molar-refractivity contribution in [1.82, 2.24) is 0 Å². The Morgan fingerprint density at radius 3 is 1.75 bits per heavy atom. The highest BCUT2D eigenvalue weighted by atomic mass is 16.7. The third kappa shape index (κ3) is 19.9. The lowest BCUT2D eigenvalue weighted by Gasteiger charge is -2.18. The van der Waals surface area contributed by atoms with Crippen LogP contribution in [0.3, 0.4) is 0 Å². The Balaban J connectivity index is 3.97. The minimum atomic E-state index is -0.560. The van der Waals surface area contributed by atoms with Crippen LogP contribution in [-0.4, -0.2) is 111 Å². The zero-order valence-electron chi connectivity index (χ0n) is 17.1. The van der Waals surface area contributed by atoms with Crippen LogP contribution in [0.25, 0.3) is 0 Å². The number of ether oxygens (including phenoxy) is 8. The highest BCUT2D eigenvalue weighted by molar-refractivity contribution is 5.69. The summed E-state index contributed by atoms with van der Waals surface area (Å²) in [5.74, 6) is -0.363. The Bertz CT molecular complexity index is 313. The van der Waals surface area contributed by atoms with Gasteiger partial charge < -0.3 is 43.0 Å². The van der Waals surface area contributed by atoms with Crippen LogP contribution in [0.5, 0.6) is 0 Å². The molecule has 0 bridgehead atoms. The summed E-state index contributed by atoms with van der Waals surface area (Å²) in [5.41, 5.74) is 0. The summed E-state index contributed by atoms with van der Waals surface area (Å²) in [6.07, 6.45) is -0.0538. The van der Waals surface area contributed by atoms with Gasteiger partial charge in [-0.05, 0) is 0 Å². The van der Waals surface area contributed by atoms with Crippen molar-refractivity contribution >= 4 is 5.97 Å². The quantitative estimate of drug-likeness (QED) is 0.148. The molecule has 0 aliphatic heterocycles. The molecule has 0 unspecified atom stereocenters. The molecule has 1 N–H and O–H groups in total. The number of carbonyl (C=O) groups excluding carboxylic acids is 1. The van der Waals surface area contributed by atoms with Crippen molar-refractivity contribution in [2.45, 2.75) is 19.1 Å². The van der Waals surface area contributed by atoms with E-state index in [1.54, 1.807) is 14.2 Å². The first-order chi connectivity index (χ1) is 13.7. The molecule has 0 aliphatic carbocycles. The van der Waals surface area contributed by atoms with E-state index in [4.69, 9.17) is 43.0 Å². The summed E-state index contributed by atoms with van der Waals surface area (Å²) >= 11 is 0. The molecule has 0 radical (unpaired) electrons. The number of hydrogen-bond donors (Lipinski definition) is 1. The van der Waals surface area contributed by atoms with Crippen LogP contribution in [0.15, 0.2) is 0 Å². The third-order valence-corrected chi connectivity index (χ3v) is 3.24. The van der Waals surface area contributed by atoms with Crippen molar-refractivity contribution in [3.05, 3.63) is 0 Å². The Labute approximate surface area is 167 Å². The average molecular weight is 412 g/mol. The Hall–Kier alpha value is -0.850. The highest BCUT2D eigenvalue weighted by Crippen LogP contribution is 2.06. The monoisotopic (exact) mass is 412 g/mol. The van der Waals surface area contributed by atoms with E-state index in [1.807, 2.05) is 0 Å². The zero-order valence-corrected chi connectivity index (χ0v) is 17.1.